The molecule has 8 rings (SSSR count). The first-order valence-corrected chi connectivity index (χ1v) is 12.1. The standard InChI is InChI=1S/C32H24N2O2/c33-19-9-13-21(14-10-19)35-27-17-18-28(36-22-15-11-20(34)12-16-22)32-30-24-6-2-1-5-23(24)29(31(27)32)25-7-3-4-8-26(25)30/h1-18,29-30H,33-34H2. The van der Waals surface area contributed by atoms with E-state index in [2.05, 4.69) is 48.5 Å². The summed E-state index contributed by atoms with van der Waals surface area (Å²) in [4.78, 5) is 0. The highest BCUT2D eigenvalue weighted by molar-refractivity contribution is 5.73. The van der Waals surface area contributed by atoms with Crippen molar-refractivity contribution in [2.75, 3.05) is 11.5 Å². The normalized spacial score (nSPS) is 16.6. The molecule has 36 heavy (non-hydrogen) atoms. The lowest BCUT2D eigenvalue weighted by molar-refractivity contribution is 0.451. The molecule has 0 atom stereocenters. The molecule has 5 aromatic rings. The monoisotopic (exact) mass is 468 g/mol. The molecule has 3 aliphatic rings. The number of ether oxygens (including phenoxy) is 2. The molecule has 0 fully saturated rings. The molecule has 4 heteroatoms. The van der Waals surface area contributed by atoms with Gasteiger partial charge in [0.1, 0.15) is 23.0 Å². The fourth-order valence-electron chi connectivity index (χ4n) is 5.73. The highest BCUT2D eigenvalue weighted by Gasteiger charge is 2.44. The molecular weight excluding hydrogens is 444 g/mol. The molecule has 0 saturated heterocycles. The molecule has 4 N–H and O–H groups in total. The van der Waals surface area contributed by atoms with Crippen LogP contribution in [-0.4, -0.2) is 0 Å². The number of hydrogen-bond donors (Lipinski definition) is 2. The van der Waals surface area contributed by atoms with E-state index in [-0.39, 0.29) is 11.8 Å². The Kier molecular flexibility index (Phi) is 4.55. The molecule has 0 heterocycles. The number of rotatable bonds is 4. The van der Waals surface area contributed by atoms with Crippen molar-refractivity contribution in [3.8, 4) is 23.0 Å². The first-order chi connectivity index (χ1) is 17.7. The summed E-state index contributed by atoms with van der Waals surface area (Å²) in [7, 11) is 0. The summed E-state index contributed by atoms with van der Waals surface area (Å²) in [5.74, 6) is 3.27. The topological polar surface area (TPSA) is 70.5 Å². The quantitative estimate of drug-likeness (QED) is 0.264. The van der Waals surface area contributed by atoms with Crippen LogP contribution in [0.15, 0.2) is 109 Å². The first kappa shape index (κ1) is 20.7. The van der Waals surface area contributed by atoms with Crippen molar-refractivity contribution in [2.24, 2.45) is 0 Å². The average Bonchev–Trinajstić information content (AvgIpc) is 2.92. The summed E-state index contributed by atoms with van der Waals surface area (Å²) >= 11 is 0. The van der Waals surface area contributed by atoms with Gasteiger partial charge in [-0.05, 0) is 82.9 Å². The molecule has 174 valence electrons. The summed E-state index contributed by atoms with van der Waals surface area (Å²) < 4.78 is 13.0. The minimum absolute atomic E-state index is 0.0520. The van der Waals surface area contributed by atoms with Crippen LogP contribution in [0.1, 0.15) is 45.2 Å². The molecule has 5 aromatic carbocycles. The van der Waals surface area contributed by atoms with Gasteiger partial charge in [-0.3, -0.25) is 0 Å². The molecule has 3 aliphatic carbocycles. The van der Waals surface area contributed by atoms with E-state index in [4.69, 9.17) is 20.9 Å². The Bertz CT molecular complexity index is 1440. The summed E-state index contributed by atoms with van der Waals surface area (Å²) in [5, 5.41) is 0. The lowest BCUT2D eigenvalue weighted by atomic mass is 9.60. The lowest BCUT2D eigenvalue weighted by Crippen LogP contribution is -2.28. The van der Waals surface area contributed by atoms with Gasteiger partial charge >= 0.3 is 0 Å². The van der Waals surface area contributed by atoms with Crippen LogP contribution in [0.25, 0.3) is 0 Å². The Morgan fingerprint density at radius 2 is 0.750 bits per heavy atom. The Morgan fingerprint density at radius 3 is 1.08 bits per heavy atom. The Hall–Kier alpha value is -4.70. The zero-order chi connectivity index (χ0) is 24.2. The smallest absolute Gasteiger partial charge is 0.132 e. The second-order valence-corrected chi connectivity index (χ2v) is 9.36. The van der Waals surface area contributed by atoms with E-state index in [1.165, 1.54) is 22.3 Å². The molecule has 0 amide bonds. The predicted octanol–water partition coefficient (Wildman–Crippen LogP) is 7.42. The van der Waals surface area contributed by atoms with Crippen LogP contribution in [0.5, 0.6) is 23.0 Å². The summed E-state index contributed by atoms with van der Waals surface area (Å²) in [6, 6.07) is 36.6. The third-order valence-corrected chi connectivity index (χ3v) is 7.24. The second kappa shape index (κ2) is 7.92. The maximum Gasteiger partial charge on any atom is 0.132 e. The summed E-state index contributed by atoms with van der Waals surface area (Å²) in [5.41, 5.74) is 20.8. The van der Waals surface area contributed by atoms with Gasteiger partial charge in [0.2, 0.25) is 0 Å². The largest absolute Gasteiger partial charge is 0.457 e. The molecule has 0 radical (unpaired) electrons. The first-order valence-electron chi connectivity index (χ1n) is 12.1. The van der Waals surface area contributed by atoms with Crippen LogP contribution in [0.2, 0.25) is 0 Å². The van der Waals surface area contributed by atoms with E-state index in [1.54, 1.807) is 0 Å². The Morgan fingerprint density at radius 1 is 0.417 bits per heavy atom. The van der Waals surface area contributed by atoms with Crippen LogP contribution in [0, 0.1) is 0 Å². The van der Waals surface area contributed by atoms with Gasteiger partial charge in [-0.15, -0.1) is 0 Å². The number of benzene rings is 5. The fraction of sp³-hybridized carbons (Fsp3) is 0.0625. The molecule has 2 bridgehead atoms. The van der Waals surface area contributed by atoms with Crippen LogP contribution in [0.3, 0.4) is 0 Å². The molecule has 0 aliphatic heterocycles. The fourth-order valence-corrected chi connectivity index (χ4v) is 5.73. The van der Waals surface area contributed by atoms with Crippen molar-refractivity contribution in [2.45, 2.75) is 11.8 Å². The van der Waals surface area contributed by atoms with E-state index in [1.807, 2.05) is 60.7 Å². The van der Waals surface area contributed by atoms with Crippen LogP contribution in [0.4, 0.5) is 11.4 Å². The molecule has 4 nitrogen and oxygen atoms in total. The predicted molar refractivity (Wildman–Crippen MR) is 143 cm³/mol. The van der Waals surface area contributed by atoms with Gasteiger partial charge < -0.3 is 20.9 Å². The van der Waals surface area contributed by atoms with Gasteiger partial charge in [0.05, 0.1) is 0 Å². The van der Waals surface area contributed by atoms with Gasteiger partial charge in [-0.1, -0.05) is 48.5 Å². The molecule has 0 unspecified atom stereocenters. The SMILES string of the molecule is Nc1ccc(Oc2ccc(Oc3ccc(N)cc3)c3c2C2c4ccccc4C3c3ccccc32)cc1. The zero-order valence-corrected chi connectivity index (χ0v) is 19.5. The highest BCUT2D eigenvalue weighted by atomic mass is 16.5. The molecular formula is C32H24N2O2. The highest BCUT2D eigenvalue weighted by Crippen LogP contribution is 2.60. The minimum Gasteiger partial charge on any atom is -0.457 e. The second-order valence-electron chi connectivity index (χ2n) is 9.36. The lowest BCUT2D eigenvalue weighted by Gasteiger charge is -2.43. The van der Waals surface area contributed by atoms with Crippen LogP contribution < -0.4 is 20.9 Å². The van der Waals surface area contributed by atoms with Crippen LogP contribution >= 0.6 is 0 Å². The van der Waals surface area contributed by atoms with E-state index < -0.39 is 0 Å². The van der Waals surface area contributed by atoms with Crippen LogP contribution in [-0.2, 0) is 0 Å². The summed E-state index contributed by atoms with van der Waals surface area (Å²) in [6.45, 7) is 0. The molecule has 0 saturated carbocycles. The Labute approximate surface area is 209 Å². The summed E-state index contributed by atoms with van der Waals surface area (Å²) in [6.07, 6.45) is 0. The van der Waals surface area contributed by atoms with Gasteiger partial charge in [0.25, 0.3) is 0 Å². The number of nitrogen functional groups attached to an aromatic ring is 2. The van der Waals surface area contributed by atoms with E-state index in [0.717, 1.165) is 34.1 Å². The van der Waals surface area contributed by atoms with Gasteiger partial charge in [0, 0.05) is 34.3 Å². The minimum atomic E-state index is 0.0520. The Balaban J connectivity index is 1.45. The van der Waals surface area contributed by atoms with Gasteiger partial charge in [-0.25, -0.2) is 0 Å². The third kappa shape index (κ3) is 3.15. The number of nitrogens with two attached hydrogens (primary N) is 2. The van der Waals surface area contributed by atoms with Gasteiger partial charge in [0.15, 0.2) is 0 Å². The van der Waals surface area contributed by atoms with Crippen molar-refractivity contribution >= 4 is 11.4 Å². The van der Waals surface area contributed by atoms with Crippen molar-refractivity contribution in [3.63, 3.8) is 0 Å². The van der Waals surface area contributed by atoms with E-state index in [0.29, 0.717) is 11.4 Å². The van der Waals surface area contributed by atoms with Crippen molar-refractivity contribution in [1.29, 1.82) is 0 Å². The van der Waals surface area contributed by atoms with E-state index in [9.17, 15) is 0 Å². The molecule has 0 spiro atoms. The number of hydrogen-bond acceptors (Lipinski definition) is 4. The maximum absolute atomic E-state index is 6.51. The molecule has 0 aromatic heterocycles. The van der Waals surface area contributed by atoms with Crippen molar-refractivity contribution in [3.05, 3.63) is 143 Å². The van der Waals surface area contributed by atoms with Gasteiger partial charge in [-0.2, -0.15) is 0 Å². The number of anilines is 2. The van der Waals surface area contributed by atoms with E-state index >= 15 is 0 Å². The third-order valence-electron chi connectivity index (χ3n) is 7.24. The average molecular weight is 469 g/mol. The maximum atomic E-state index is 6.51. The zero-order valence-electron chi connectivity index (χ0n) is 19.5. The van der Waals surface area contributed by atoms with Crippen molar-refractivity contribution in [1.82, 2.24) is 0 Å². The van der Waals surface area contributed by atoms with Crippen molar-refractivity contribution < 1.29 is 9.47 Å².